The molecule has 1 aromatic rings. The highest BCUT2D eigenvalue weighted by Crippen LogP contribution is 2.69. The van der Waals surface area contributed by atoms with E-state index in [-0.39, 0.29) is 31.1 Å². The van der Waals surface area contributed by atoms with Gasteiger partial charge in [-0.3, -0.25) is 19.2 Å². The Kier molecular flexibility index (Phi) is 7.08. The zero-order valence-corrected chi connectivity index (χ0v) is 25.1. The molecule has 1 aliphatic heterocycles. The lowest BCUT2D eigenvalue weighted by Gasteiger charge is -2.65. The highest BCUT2D eigenvalue weighted by molar-refractivity contribution is 5.98. The van der Waals surface area contributed by atoms with E-state index >= 15 is 0 Å². The van der Waals surface area contributed by atoms with Crippen LogP contribution in [0.25, 0.3) is 0 Å². The Labute approximate surface area is 241 Å². The summed E-state index contributed by atoms with van der Waals surface area (Å²) in [7, 11) is 1.31. The lowest BCUT2D eigenvalue weighted by Crippen LogP contribution is -2.75. The molecule has 0 aromatic carbocycles. The van der Waals surface area contributed by atoms with E-state index in [1.165, 1.54) is 7.11 Å². The van der Waals surface area contributed by atoms with Crippen molar-refractivity contribution in [3.05, 3.63) is 35.3 Å². The van der Waals surface area contributed by atoms with Gasteiger partial charge in [0.2, 0.25) is 0 Å². The van der Waals surface area contributed by atoms with Gasteiger partial charge in [-0.25, -0.2) is 0 Å². The second kappa shape index (κ2) is 9.82. The molecule has 1 N–H and O–H groups in total. The summed E-state index contributed by atoms with van der Waals surface area (Å²) in [6.07, 6.45) is 3.04. The summed E-state index contributed by atoms with van der Waals surface area (Å²) in [4.78, 5) is 53.6. The highest BCUT2D eigenvalue weighted by Gasteiger charge is 2.74. The van der Waals surface area contributed by atoms with Crippen molar-refractivity contribution in [1.82, 2.24) is 0 Å². The number of Topliss-reactive ketones (excluding diaryl/α,β-unsaturated/α-hetero) is 1. The van der Waals surface area contributed by atoms with Crippen molar-refractivity contribution in [3.63, 3.8) is 0 Å². The molecule has 1 aromatic heterocycles. The van der Waals surface area contributed by atoms with E-state index in [0.717, 1.165) is 16.7 Å². The van der Waals surface area contributed by atoms with Crippen molar-refractivity contribution in [2.75, 3.05) is 7.11 Å². The van der Waals surface area contributed by atoms with Gasteiger partial charge in [-0.05, 0) is 42.7 Å². The van der Waals surface area contributed by atoms with Crippen molar-refractivity contribution in [2.45, 2.75) is 97.9 Å². The van der Waals surface area contributed by atoms with Crippen LogP contribution in [-0.4, -0.2) is 47.6 Å². The number of hydrogen-bond donors (Lipinski definition) is 1. The molecule has 2 saturated carbocycles. The molecule has 224 valence electrons. The molecule has 41 heavy (non-hydrogen) atoms. The largest absolute Gasteiger partial charge is 0.472 e. The predicted octanol–water partition coefficient (Wildman–Crippen LogP) is 4.87. The number of carbonyl (C=O) groups is 4. The third-order valence-electron chi connectivity index (χ3n) is 11.1. The Balaban J connectivity index is 1.71. The fraction of sp³-hybridized carbons (Fsp3) is 0.688. The Morgan fingerprint density at radius 3 is 2.51 bits per heavy atom. The van der Waals surface area contributed by atoms with Crippen LogP contribution in [0.3, 0.4) is 0 Å². The van der Waals surface area contributed by atoms with Crippen LogP contribution in [0.1, 0.15) is 91.7 Å². The molecular formula is C32H42O9. The minimum Gasteiger partial charge on any atom is -0.472 e. The van der Waals surface area contributed by atoms with E-state index in [1.54, 1.807) is 25.5 Å². The standard InChI is InChI=1S/C32H42O9/c1-8-17(2)26(35)41-28-29(3,4)22(14-23(33)38-7)31(6)20-9-11-30(5)21(19(20)15-32(28,37)27(31)36)13-24(34)40-25(30)18-10-12-39-16-18/h10,12,16-17,20,22,25,28,37H,8-9,11,13-15H2,1-7H3/t17?,20?,22-,25-,28-,30+,31+,32-/m0/s1. The van der Waals surface area contributed by atoms with E-state index in [9.17, 15) is 24.3 Å². The maximum Gasteiger partial charge on any atom is 0.310 e. The molecule has 4 aliphatic rings. The molecule has 3 aliphatic carbocycles. The first-order valence-electron chi connectivity index (χ1n) is 14.6. The van der Waals surface area contributed by atoms with Crippen molar-refractivity contribution >= 4 is 23.7 Å². The minimum absolute atomic E-state index is 0.0411. The molecule has 1 saturated heterocycles. The van der Waals surface area contributed by atoms with Crippen LogP contribution in [-0.2, 0) is 33.4 Å². The molecule has 2 bridgehead atoms. The number of furan rings is 1. The Bertz CT molecular complexity index is 1290. The number of rotatable bonds is 6. The van der Waals surface area contributed by atoms with Gasteiger partial charge in [0, 0.05) is 34.7 Å². The van der Waals surface area contributed by atoms with Crippen molar-refractivity contribution in [2.24, 2.45) is 34.0 Å². The van der Waals surface area contributed by atoms with E-state index in [4.69, 9.17) is 18.6 Å². The molecule has 0 spiro atoms. The van der Waals surface area contributed by atoms with Crippen LogP contribution in [0.5, 0.6) is 0 Å². The number of aliphatic hydroxyl groups is 1. The maximum atomic E-state index is 14.5. The third-order valence-corrected chi connectivity index (χ3v) is 11.1. The average molecular weight is 571 g/mol. The van der Waals surface area contributed by atoms with Gasteiger partial charge in [0.15, 0.2) is 11.4 Å². The quantitative estimate of drug-likeness (QED) is 0.289. The zero-order valence-electron chi connectivity index (χ0n) is 25.1. The first-order valence-corrected chi connectivity index (χ1v) is 14.6. The van der Waals surface area contributed by atoms with Crippen LogP contribution < -0.4 is 0 Å². The summed E-state index contributed by atoms with van der Waals surface area (Å²) in [5.74, 6) is -3.12. The van der Waals surface area contributed by atoms with Gasteiger partial charge in [0.25, 0.3) is 0 Å². The van der Waals surface area contributed by atoms with Gasteiger partial charge in [0.1, 0.15) is 12.2 Å². The SMILES string of the molecule is CCC(C)C(=O)O[C@H]1C(C)(C)[C@H](CC(=O)OC)[C@]2(C)C(=O)[C@@]1(O)CC1=C3CC(=O)O[C@@H](c4ccoc4)[C@]3(C)CCC12. The topological polar surface area (TPSA) is 129 Å². The van der Waals surface area contributed by atoms with Crippen molar-refractivity contribution in [3.8, 4) is 0 Å². The lowest BCUT2D eigenvalue weighted by atomic mass is 9.39. The van der Waals surface area contributed by atoms with Gasteiger partial charge in [-0.1, -0.05) is 47.1 Å². The van der Waals surface area contributed by atoms with Gasteiger partial charge >= 0.3 is 17.9 Å². The Hall–Kier alpha value is -2.94. The molecule has 0 radical (unpaired) electrons. The summed E-state index contributed by atoms with van der Waals surface area (Å²) in [5.41, 5.74) is -2.28. The second-order valence-electron chi connectivity index (χ2n) is 13.6. The van der Waals surface area contributed by atoms with Crippen LogP contribution in [0.4, 0.5) is 0 Å². The normalized spacial score (nSPS) is 38.3. The smallest absolute Gasteiger partial charge is 0.310 e. The number of carbonyl (C=O) groups excluding carboxylic acids is 4. The molecule has 5 rings (SSSR count). The lowest BCUT2D eigenvalue weighted by molar-refractivity contribution is -0.237. The van der Waals surface area contributed by atoms with Crippen molar-refractivity contribution in [1.29, 1.82) is 0 Å². The fourth-order valence-corrected chi connectivity index (χ4v) is 8.70. The Morgan fingerprint density at radius 2 is 1.90 bits per heavy atom. The first-order chi connectivity index (χ1) is 19.2. The minimum atomic E-state index is -2.03. The average Bonchev–Trinajstić information content (AvgIpc) is 3.46. The number of fused-ring (bicyclic) bond motifs is 5. The predicted molar refractivity (Wildman–Crippen MR) is 146 cm³/mol. The summed E-state index contributed by atoms with van der Waals surface area (Å²) in [6.45, 7) is 11.2. The first kappa shape index (κ1) is 29.5. The summed E-state index contributed by atoms with van der Waals surface area (Å²) in [5, 5.41) is 12.5. The summed E-state index contributed by atoms with van der Waals surface area (Å²) in [6, 6.07) is 1.79. The number of ether oxygens (including phenoxy) is 3. The van der Waals surface area contributed by atoms with Gasteiger partial charge in [-0.15, -0.1) is 0 Å². The van der Waals surface area contributed by atoms with Gasteiger partial charge in [0.05, 0.1) is 32.0 Å². The molecular weight excluding hydrogens is 528 g/mol. The number of hydrogen-bond acceptors (Lipinski definition) is 9. The maximum absolute atomic E-state index is 14.5. The van der Waals surface area contributed by atoms with Crippen LogP contribution in [0.15, 0.2) is 34.2 Å². The molecule has 2 unspecified atom stereocenters. The summed E-state index contributed by atoms with van der Waals surface area (Å²) >= 11 is 0. The summed E-state index contributed by atoms with van der Waals surface area (Å²) < 4.78 is 22.3. The number of esters is 3. The molecule has 3 fully saturated rings. The number of methoxy groups -OCH3 is 1. The second-order valence-corrected chi connectivity index (χ2v) is 13.6. The van der Waals surface area contributed by atoms with Crippen LogP contribution in [0, 0.1) is 34.0 Å². The number of cyclic esters (lactones) is 1. The van der Waals surface area contributed by atoms with Crippen molar-refractivity contribution < 1.29 is 42.9 Å². The number of ketones is 1. The molecule has 9 nitrogen and oxygen atoms in total. The van der Waals surface area contributed by atoms with Crippen LogP contribution in [0.2, 0.25) is 0 Å². The Morgan fingerprint density at radius 1 is 1.20 bits per heavy atom. The van der Waals surface area contributed by atoms with Crippen LogP contribution >= 0.6 is 0 Å². The van der Waals surface area contributed by atoms with E-state index in [2.05, 4.69) is 6.92 Å². The van der Waals surface area contributed by atoms with E-state index in [0.29, 0.717) is 19.3 Å². The monoisotopic (exact) mass is 570 g/mol. The molecule has 9 heteroatoms. The molecule has 0 amide bonds. The third kappa shape index (κ3) is 4.13. The molecule has 8 atom stereocenters. The van der Waals surface area contributed by atoms with E-state index in [1.807, 2.05) is 27.7 Å². The molecule has 2 heterocycles. The highest BCUT2D eigenvalue weighted by atomic mass is 16.6. The van der Waals surface area contributed by atoms with E-state index < -0.39 is 63.6 Å². The zero-order chi connectivity index (χ0) is 30.1. The van der Waals surface area contributed by atoms with Gasteiger partial charge < -0.3 is 23.7 Å². The van der Waals surface area contributed by atoms with Gasteiger partial charge in [-0.2, -0.15) is 0 Å². The fourth-order valence-electron chi connectivity index (χ4n) is 8.70.